The van der Waals surface area contributed by atoms with E-state index in [1.807, 2.05) is 0 Å². The summed E-state index contributed by atoms with van der Waals surface area (Å²) < 4.78 is 24.3. The lowest BCUT2D eigenvalue weighted by atomic mass is 10.4. The van der Waals surface area contributed by atoms with Crippen molar-refractivity contribution < 1.29 is 18.3 Å². The molecule has 0 fully saturated rings. The van der Waals surface area contributed by atoms with Crippen molar-refractivity contribution in [3.8, 4) is 0 Å². The number of anilines is 1. The molecular weight excluding hydrogens is 208 g/mol. The van der Waals surface area contributed by atoms with E-state index in [0.29, 0.717) is 0 Å². The van der Waals surface area contributed by atoms with Gasteiger partial charge < -0.3 is 5.11 Å². The van der Waals surface area contributed by atoms with Crippen molar-refractivity contribution in [1.29, 1.82) is 0 Å². The fourth-order valence-electron chi connectivity index (χ4n) is 0.801. The number of nitrogens with one attached hydrogen (secondary N) is 1. The van der Waals surface area contributed by atoms with Crippen LogP contribution in [0, 0.1) is 0 Å². The van der Waals surface area contributed by atoms with E-state index >= 15 is 0 Å². The molecule has 7 heteroatoms. The maximum absolute atomic E-state index is 11.1. The van der Waals surface area contributed by atoms with E-state index in [-0.39, 0.29) is 5.69 Å². The summed E-state index contributed by atoms with van der Waals surface area (Å²) in [7, 11) is -3.82. The molecule has 0 spiro atoms. The number of carboxylic acid groups (broad SMARTS) is 1. The van der Waals surface area contributed by atoms with Crippen LogP contribution in [-0.4, -0.2) is 30.2 Å². The molecule has 1 rings (SSSR count). The molecule has 76 valence electrons. The molecule has 1 aromatic rings. The summed E-state index contributed by atoms with van der Waals surface area (Å²) in [5, 5.41) is 8.29. The summed E-state index contributed by atoms with van der Waals surface area (Å²) in [5.74, 6) is -2.36. The van der Waals surface area contributed by atoms with Gasteiger partial charge in [0.15, 0.2) is 5.75 Å². The lowest BCUT2D eigenvalue weighted by Crippen LogP contribution is -2.22. The molecule has 0 bridgehead atoms. The Kier molecular flexibility index (Phi) is 3.03. The molecule has 0 radical (unpaired) electrons. The van der Waals surface area contributed by atoms with E-state index in [1.54, 1.807) is 6.07 Å². The van der Waals surface area contributed by atoms with Gasteiger partial charge in [0.2, 0.25) is 10.0 Å². The minimum Gasteiger partial charge on any atom is -0.480 e. The van der Waals surface area contributed by atoms with Gasteiger partial charge in [-0.15, -0.1) is 0 Å². The van der Waals surface area contributed by atoms with Crippen LogP contribution in [0.25, 0.3) is 0 Å². The number of carbonyl (C=O) groups is 1. The number of aromatic nitrogens is 1. The second kappa shape index (κ2) is 4.05. The SMILES string of the molecule is O=C(O)CS(=O)(=O)Nc1cccnc1. The maximum Gasteiger partial charge on any atom is 0.320 e. The summed E-state index contributed by atoms with van der Waals surface area (Å²) in [6.07, 6.45) is 2.77. The first-order valence-corrected chi connectivity index (χ1v) is 5.27. The molecule has 0 saturated heterocycles. The number of nitrogens with zero attached hydrogens (tertiary/aromatic N) is 1. The first-order chi connectivity index (χ1) is 6.49. The monoisotopic (exact) mass is 216 g/mol. The predicted octanol–water partition coefficient (Wildman–Crippen LogP) is -0.0921. The topological polar surface area (TPSA) is 96.4 Å². The minimum absolute atomic E-state index is 0.244. The molecule has 0 saturated carbocycles. The van der Waals surface area contributed by atoms with Gasteiger partial charge in [0.05, 0.1) is 11.9 Å². The Morgan fingerprint density at radius 3 is 2.79 bits per heavy atom. The highest BCUT2D eigenvalue weighted by Gasteiger charge is 2.14. The lowest BCUT2D eigenvalue weighted by Gasteiger charge is -2.04. The summed E-state index contributed by atoms with van der Waals surface area (Å²) in [6.45, 7) is 0. The molecule has 0 atom stereocenters. The smallest absolute Gasteiger partial charge is 0.320 e. The van der Waals surface area contributed by atoms with E-state index in [4.69, 9.17) is 5.11 Å². The highest BCUT2D eigenvalue weighted by molar-refractivity contribution is 7.93. The first kappa shape index (κ1) is 10.5. The Labute approximate surface area is 80.6 Å². The molecule has 0 unspecified atom stereocenters. The van der Waals surface area contributed by atoms with Crippen molar-refractivity contribution in [2.45, 2.75) is 0 Å². The average molecular weight is 216 g/mol. The summed E-state index contributed by atoms with van der Waals surface area (Å²) >= 11 is 0. The Hall–Kier alpha value is -1.63. The van der Waals surface area contributed by atoms with Gasteiger partial charge in [-0.3, -0.25) is 14.5 Å². The van der Waals surface area contributed by atoms with E-state index < -0.39 is 21.7 Å². The molecule has 14 heavy (non-hydrogen) atoms. The van der Waals surface area contributed by atoms with Crippen LogP contribution in [0.2, 0.25) is 0 Å². The van der Waals surface area contributed by atoms with Gasteiger partial charge in [0.1, 0.15) is 0 Å². The van der Waals surface area contributed by atoms with E-state index in [9.17, 15) is 13.2 Å². The highest BCUT2D eigenvalue weighted by atomic mass is 32.2. The fourth-order valence-corrected chi connectivity index (χ4v) is 1.68. The number of carboxylic acids is 1. The number of hydrogen-bond acceptors (Lipinski definition) is 4. The maximum atomic E-state index is 11.1. The number of sulfonamides is 1. The largest absolute Gasteiger partial charge is 0.480 e. The van der Waals surface area contributed by atoms with Crippen molar-refractivity contribution in [1.82, 2.24) is 4.98 Å². The minimum atomic E-state index is -3.82. The van der Waals surface area contributed by atoms with Crippen molar-refractivity contribution in [2.24, 2.45) is 0 Å². The number of rotatable bonds is 4. The van der Waals surface area contributed by atoms with E-state index in [1.165, 1.54) is 18.5 Å². The standard InChI is InChI=1S/C7H8N2O4S/c10-7(11)5-14(12,13)9-6-2-1-3-8-4-6/h1-4,9H,5H2,(H,10,11). The van der Waals surface area contributed by atoms with Gasteiger partial charge in [-0.1, -0.05) is 0 Å². The van der Waals surface area contributed by atoms with Crippen molar-refractivity contribution in [3.05, 3.63) is 24.5 Å². The molecular formula is C7H8N2O4S. The van der Waals surface area contributed by atoms with Crippen LogP contribution >= 0.6 is 0 Å². The van der Waals surface area contributed by atoms with Crippen molar-refractivity contribution in [2.75, 3.05) is 10.5 Å². The second-order valence-corrected chi connectivity index (χ2v) is 4.22. The quantitative estimate of drug-likeness (QED) is 0.733. The Balaban J connectivity index is 2.74. The van der Waals surface area contributed by atoms with Crippen LogP contribution in [0.4, 0.5) is 5.69 Å². The fraction of sp³-hybridized carbons (Fsp3) is 0.143. The predicted molar refractivity (Wildman–Crippen MR) is 49.3 cm³/mol. The Morgan fingerprint density at radius 2 is 2.29 bits per heavy atom. The van der Waals surface area contributed by atoms with Crippen LogP contribution in [0.1, 0.15) is 0 Å². The number of hydrogen-bond donors (Lipinski definition) is 2. The zero-order chi connectivity index (χ0) is 10.6. The highest BCUT2D eigenvalue weighted by Crippen LogP contribution is 2.05. The molecule has 1 heterocycles. The first-order valence-electron chi connectivity index (χ1n) is 3.62. The molecule has 2 N–H and O–H groups in total. The molecule has 6 nitrogen and oxygen atoms in total. The number of aliphatic carboxylic acids is 1. The van der Waals surface area contributed by atoms with Gasteiger partial charge in [0.25, 0.3) is 0 Å². The second-order valence-electron chi connectivity index (χ2n) is 2.50. The normalized spacial score (nSPS) is 10.9. The summed E-state index contributed by atoms with van der Waals surface area (Å²) in [6, 6.07) is 3.02. The van der Waals surface area contributed by atoms with Gasteiger partial charge >= 0.3 is 5.97 Å². The Bertz CT molecular complexity index is 415. The van der Waals surface area contributed by atoms with Gasteiger partial charge in [-0.2, -0.15) is 0 Å². The molecule has 1 aromatic heterocycles. The third kappa shape index (κ3) is 3.40. The molecule has 0 aromatic carbocycles. The van der Waals surface area contributed by atoms with Gasteiger partial charge in [0, 0.05) is 6.20 Å². The van der Waals surface area contributed by atoms with Crippen molar-refractivity contribution >= 4 is 21.7 Å². The van der Waals surface area contributed by atoms with Gasteiger partial charge in [-0.05, 0) is 12.1 Å². The molecule has 0 aliphatic rings. The Morgan fingerprint density at radius 1 is 1.57 bits per heavy atom. The van der Waals surface area contributed by atoms with E-state index in [0.717, 1.165) is 0 Å². The van der Waals surface area contributed by atoms with Crippen LogP contribution in [0.5, 0.6) is 0 Å². The van der Waals surface area contributed by atoms with Crippen LogP contribution in [0.15, 0.2) is 24.5 Å². The summed E-state index contributed by atoms with van der Waals surface area (Å²) in [5.41, 5.74) is 0.244. The summed E-state index contributed by atoms with van der Waals surface area (Å²) in [4.78, 5) is 13.8. The lowest BCUT2D eigenvalue weighted by molar-refractivity contribution is -0.134. The third-order valence-electron chi connectivity index (χ3n) is 1.25. The third-order valence-corrected chi connectivity index (χ3v) is 2.42. The average Bonchev–Trinajstić information content (AvgIpc) is 2.02. The van der Waals surface area contributed by atoms with Crippen molar-refractivity contribution in [3.63, 3.8) is 0 Å². The zero-order valence-corrected chi connectivity index (χ0v) is 7.86. The van der Waals surface area contributed by atoms with E-state index in [2.05, 4.69) is 9.71 Å². The van der Waals surface area contributed by atoms with Crippen LogP contribution in [-0.2, 0) is 14.8 Å². The molecule has 0 aliphatic heterocycles. The van der Waals surface area contributed by atoms with Crippen LogP contribution < -0.4 is 4.72 Å². The molecule has 0 aliphatic carbocycles. The van der Waals surface area contributed by atoms with Crippen LogP contribution in [0.3, 0.4) is 0 Å². The van der Waals surface area contributed by atoms with Gasteiger partial charge in [-0.25, -0.2) is 8.42 Å². The molecule has 0 amide bonds. The number of pyridine rings is 1. The zero-order valence-electron chi connectivity index (χ0n) is 7.04.